The molecule has 326 valence electrons. The summed E-state index contributed by atoms with van der Waals surface area (Å²) in [4.78, 5) is 69.1. The summed E-state index contributed by atoms with van der Waals surface area (Å²) in [5, 5.41) is 8.03. The summed E-state index contributed by atoms with van der Waals surface area (Å²) in [5.41, 5.74) is 4.27. The number of unbranched alkanes of at least 4 members (excludes halogenated alkanes) is 10. The normalized spacial score (nSPS) is 16.1. The van der Waals surface area contributed by atoms with Crippen molar-refractivity contribution in [1.82, 2.24) is 25.6 Å². The smallest absolute Gasteiger partial charge is 0.328 e. The van der Waals surface area contributed by atoms with Gasteiger partial charge in [-0.15, -0.1) is 0 Å². The molecule has 3 aromatic heterocycles. The number of nitrogens with zero attached hydrogens (tertiary/aromatic N) is 2. The van der Waals surface area contributed by atoms with E-state index in [0.717, 1.165) is 97.1 Å². The molecule has 5 aromatic rings. The van der Waals surface area contributed by atoms with E-state index in [1.807, 2.05) is 60.9 Å². The largest absolute Gasteiger partial charge is 0.464 e. The van der Waals surface area contributed by atoms with Gasteiger partial charge < -0.3 is 35.0 Å². The third kappa shape index (κ3) is 12.5. The highest BCUT2D eigenvalue weighted by atomic mass is 16.5. The van der Waals surface area contributed by atoms with Crippen LogP contribution in [-0.4, -0.2) is 76.1 Å². The Bertz CT molecular complexity index is 2020. The number of anilines is 1. The second-order valence-corrected chi connectivity index (χ2v) is 16.3. The summed E-state index contributed by atoms with van der Waals surface area (Å²) in [5.74, 6) is -1.76. The predicted octanol–water partition coefficient (Wildman–Crippen LogP) is 8.64. The number of hydrogen-bond acceptors (Lipinski definition) is 8. The van der Waals surface area contributed by atoms with Crippen LogP contribution in [0.5, 0.6) is 0 Å². The number of nitrogens with one attached hydrogen (secondary N) is 4. The van der Waals surface area contributed by atoms with Crippen LogP contribution in [-0.2, 0) is 41.5 Å². The molecule has 2 amide bonds. The molecule has 1 aliphatic heterocycles. The summed E-state index contributed by atoms with van der Waals surface area (Å²) in [6.07, 6.45) is 20.8. The van der Waals surface area contributed by atoms with E-state index in [2.05, 4.69) is 39.4 Å². The van der Waals surface area contributed by atoms with Crippen LogP contribution in [0.15, 0.2) is 85.5 Å². The van der Waals surface area contributed by atoms with Gasteiger partial charge in [0.25, 0.3) is 0 Å². The van der Waals surface area contributed by atoms with Crippen molar-refractivity contribution in [2.75, 3.05) is 18.1 Å². The number of carbonyl (C=O) groups is 4. The van der Waals surface area contributed by atoms with Gasteiger partial charge in [0.05, 0.1) is 13.2 Å². The topological polar surface area (TPSA) is 159 Å². The van der Waals surface area contributed by atoms with Crippen LogP contribution in [0.1, 0.15) is 115 Å². The molecular formula is C49H64N6O6. The summed E-state index contributed by atoms with van der Waals surface area (Å²) >= 11 is 0. The Labute approximate surface area is 359 Å². The first-order valence-corrected chi connectivity index (χ1v) is 22.6. The van der Waals surface area contributed by atoms with Crippen LogP contribution in [0.3, 0.4) is 0 Å². The van der Waals surface area contributed by atoms with Gasteiger partial charge in [0.2, 0.25) is 11.8 Å². The molecule has 0 radical (unpaired) electrons. The maximum Gasteiger partial charge on any atom is 0.328 e. The zero-order valence-electron chi connectivity index (χ0n) is 36.0. The van der Waals surface area contributed by atoms with Crippen molar-refractivity contribution in [1.29, 1.82) is 0 Å². The van der Waals surface area contributed by atoms with Gasteiger partial charge >= 0.3 is 11.9 Å². The Morgan fingerprint density at radius 1 is 0.623 bits per heavy atom. The van der Waals surface area contributed by atoms with Crippen molar-refractivity contribution < 1.29 is 28.7 Å². The molecule has 1 saturated heterocycles. The molecule has 4 atom stereocenters. The van der Waals surface area contributed by atoms with E-state index >= 15 is 0 Å². The molecule has 0 aliphatic carbocycles. The van der Waals surface area contributed by atoms with Crippen molar-refractivity contribution in [2.24, 2.45) is 0 Å². The van der Waals surface area contributed by atoms with E-state index in [1.54, 1.807) is 29.4 Å². The van der Waals surface area contributed by atoms with Crippen LogP contribution >= 0.6 is 0 Å². The maximum atomic E-state index is 14.5. The lowest BCUT2D eigenvalue weighted by Gasteiger charge is -2.32. The highest BCUT2D eigenvalue weighted by molar-refractivity contribution is 5.96. The summed E-state index contributed by atoms with van der Waals surface area (Å²) in [6.45, 7) is 4.92. The number of para-hydroxylation sites is 2. The molecule has 4 N–H and O–H groups in total. The Kier molecular flexibility index (Phi) is 17.2. The number of aromatic amines is 2. The zero-order valence-corrected chi connectivity index (χ0v) is 36.0. The number of amides is 2. The number of fused-ring (bicyclic) bond motifs is 2. The third-order valence-corrected chi connectivity index (χ3v) is 11.8. The number of rotatable bonds is 25. The van der Waals surface area contributed by atoms with Crippen molar-refractivity contribution in [3.63, 3.8) is 0 Å². The number of esters is 2. The lowest BCUT2D eigenvalue weighted by molar-refractivity contribution is -0.148. The molecule has 2 aromatic carbocycles. The first kappa shape index (κ1) is 44.9. The Balaban J connectivity index is 1.18. The van der Waals surface area contributed by atoms with E-state index in [1.165, 1.54) is 12.8 Å². The number of hydrogen-bond donors (Lipinski definition) is 4. The fourth-order valence-electron chi connectivity index (χ4n) is 8.48. The van der Waals surface area contributed by atoms with Crippen LogP contribution in [0.4, 0.5) is 5.69 Å². The van der Waals surface area contributed by atoms with E-state index in [-0.39, 0.29) is 37.9 Å². The van der Waals surface area contributed by atoms with Gasteiger partial charge in [-0.05, 0) is 61.1 Å². The van der Waals surface area contributed by atoms with Gasteiger partial charge in [0.15, 0.2) is 0 Å². The highest BCUT2D eigenvalue weighted by Crippen LogP contribution is 2.32. The van der Waals surface area contributed by atoms with Gasteiger partial charge in [-0.3, -0.25) is 14.6 Å². The minimum absolute atomic E-state index is 0.230. The van der Waals surface area contributed by atoms with Crippen molar-refractivity contribution in [3.05, 3.63) is 96.6 Å². The first-order valence-electron chi connectivity index (χ1n) is 22.6. The Morgan fingerprint density at radius 3 is 1.51 bits per heavy atom. The molecule has 4 heterocycles. The van der Waals surface area contributed by atoms with E-state index < -0.39 is 36.1 Å². The van der Waals surface area contributed by atoms with Gasteiger partial charge in [0, 0.05) is 65.1 Å². The number of H-pyrrole nitrogens is 2. The standard InChI is InChI=1S/C49H64N6O6/c1-3-5-7-9-11-17-29-60-48(58)42(31-35-33-51-40-21-15-13-19-38(35)40)53-46(56)44-23-24-45(55(44)37-25-27-50-28-26-37)47(57)54-43(49(59)61-30-18-12-10-8-6-4-2)32-36-34-52-41-22-16-14-20-39(36)41/h13-16,19-22,25-28,33-34,42-45,51-52H,3-12,17-18,23-24,29-32H2,1-2H3,(H,53,56)(H,54,57)/t42-,43-,44-,45-/m1/s1. The fourth-order valence-corrected chi connectivity index (χ4v) is 8.48. The number of aromatic nitrogens is 3. The monoisotopic (exact) mass is 832 g/mol. The van der Waals surface area contributed by atoms with Crippen LogP contribution in [0.25, 0.3) is 21.8 Å². The molecule has 12 nitrogen and oxygen atoms in total. The van der Waals surface area contributed by atoms with E-state index in [0.29, 0.717) is 18.5 Å². The minimum Gasteiger partial charge on any atom is -0.464 e. The molecule has 1 aliphatic rings. The summed E-state index contributed by atoms with van der Waals surface area (Å²) < 4.78 is 11.6. The maximum absolute atomic E-state index is 14.5. The summed E-state index contributed by atoms with van der Waals surface area (Å²) in [6, 6.07) is 15.7. The van der Waals surface area contributed by atoms with Crippen LogP contribution < -0.4 is 15.5 Å². The zero-order chi connectivity index (χ0) is 42.8. The molecule has 1 fully saturated rings. The van der Waals surface area contributed by atoms with E-state index in [4.69, 9.17) is 9.47 Å². The quantitative estimate of drug-likeness (QED) is 0.0336. The average Bonchev–Trinajstić information content (AvgIpc) is 4.03. The molecule has 6 rings (SSSR count). The molecule has 0 bridgehead atoms. The average molecular weight is 833 g/mol. The molecule has 0 spiro atoms. The second kappa shape index (κ2) is 23.4. The number of benzene rings is 2. The Hall–Kier alpha value is -5.65. The predicted molar refractivity (Wildman–Crippen MR) is 240 cm³/mol. The highest BCUT2D eigenvalue weighted by Gasteiger charge is 2.43. The van der Waals surface area contributed by atoms with Gasteiger partial charge in [-0.25, -0.2) is 9.59 Å². The number of pyridine rings is 1. The second-order valence-electron chi connectivity index (χ2n) is 16.3. The molecule has 0 unspecified atom stereocenters. The SMILES string of the molecule is CCCCCCCCOC(=O)[C@@H](Cc1c[nH]c2ccccc12)NC(=O)[C@H]1CC[C@H](C(=O)N[C@H](Cc2c[nH]c3ccccc23)C(=O)OCCCCCCCC)N1c1ccncc1. The van der Waals surface area contributed by atoms with Crippen molar-refractivity contribution in [2.45, 2.75) is 141 Å². The first-order chi connectivity index (χ1) is 29.9. The van der Waals surface area contributed by atoms with Gasteiger partial charge in [0.1, 0.15) is 24.2 Å². The minimum atomic E-state index is -0.957. The van der Waals surface area contributed by atoms with Crippen molar-refractivity contribution in [3.8, 4) is 0 Å². The molecular weight excluding hydrogens is 769 g/mol. The molecule has 61 heavy (non-hydrogen) atoms. The third-order valence-electron chi connectivity index (χ3n) is 11.8. The lowest BCUT2D eigenvalue weighted by atomic mass is 10.0. The van der Waals surface area contributed by atoms with Crippen LogP contribution in [0, 0.1) is 0 Å². The lowest BCUT2D eigenvalue weighted by Crippen LogP contribution is -2.56. The fraction of sp³-hybridized carbons (Fsp3) is 0.490. The van der Waals surface area contributed by atoms with Gasteiger partial charge in [-0.2, -0.15) is 0 Å². The van der Waals surface area contributed by atoms with Crippen LogP contribution in [0.2, 0.25) is 0 Å². The molecule has 0 saturated carbocycles. The summed E-state index contributed by atoms with van der Waals surface area (Å²) in [7, 11) is 0. The van der Waals surface area contributed by atoms with Gasteiger partial charge in [-0.1, -0.05) is 114 Å². The molecule has 12 heteroatoms. The number of ether oxygens (including phenoxy) is 2. The van der Waals surface area contributed by atoms with E-state index in [9.17, 15) is 19.2 Å². The Morgan fingerprint density at radius 2 is 1.05 bits per heavy atom. The number of carbonyl (C=O) groups excluding carboxylic acids is 4. The van der Waals surface area contributed by atoms with Crippen molar-refractivity contribution >= 4 is 51.2 Å².